The number of nitrogens with one attached hydrogen (secondary N) is 2. The summed E-state index contributed by atoms with van der Waals surface area (Å²) in [4.78, 5) is 27.3. The number of hydrogen-bond acceptors (Lipinski definition) is 5. The van der Waals surface area contributed by atoms with Gasteiger partial charge in [0.05, 0.1) is 11.5 Å². The highest BCUT2D eigenvalue weighted by molar-refractivity contribution is 7.91. The van der Waals surface area contributed by atoms with Crippen LogP contribution in [-0.2, 0) is 26.0 Å². The summed E-state index contributed by atoms with van der Waals surface area (Å²) in [6, 6.07) is 16.3. The molecule has 0 aliphatic carbocycles. The first-order valence-corrected chi connectivity index (χ1v) is 12.8. The van der Waals surface area contributed by atoms with Crippen LogP contribution in [-0.4, -0.2) is 49.7 Å². The molecule has 2 unspecified atom stereocenters. The van der Waals surface area contributed by atoms with Gasteiger partial charge in [-0.15, -0.1) is 0 Å². The molecule has 0 spiro atoms. The van der Waals surface area contributed by atoms with Gasteiger partial charge in [0.1, 0.15) is 6.04 Å². The van der Waals surface area contributed by atoms with Crippen LogP contribution in [0.3, 0.4) is 0 Å². The zero-order valence-corrected chi connectivity index (χ0v) is 19.4. The molecule has 1 saturated heterocycles. The van der Waals surface area contributed by atoms with Gasteiger partial charge in [0.2, 0.25) is 11.8 Å². The largest absolute Gasteiger partial charge is 0.350 e. The zero-order valence-electron chi connectivity index (χ0n) is 18.6. The number of rotatable bonds is 8. The summed E-state index contributed by atoms with van der Waals surface area (Å²) in [6.45, 7) is 4.81. The summed E-state index contributed by atoms with van der Waals surface area (Å²) in [5.41, 5.74) is 2.40. The lowest BCUT2D eigenvalue weighted by atomic mass is 10.0. The van der Waals surface area contributed by atoms with E-state index in [4.69, 9.17) is 0 Å². The lowest BCUT2D eigenvalue weighted by Gasteiger charge is -2.33. The molecule has 1 fully saturated rings. The van der Waals surface area contributed by atoms with E-state index < -0.39 is 15.9 Å². The van der Waals surface area contributed by atoms with Crippen LogP contribution in [0.5, 0.6) is 0 Å². The predicted octanol–water partition coefficient (Wildman–Crippen LogP) is 2.76. The summed E-state index contributed by atoms with van der Waals surface area (Å²) in [5.74, 6) is -0.163. The minimum absolute atomic E-state index is 0.0297. The highest BCUT2D eigenvalue weighted by atomic mass is 32.2. The molecular weight excluding hydrogens is 426 g/mol. The van der Waals surface area contributed by atoms with E-state index in [-0.39, 0.29) is 29.2 Å². The van der Waals surface area contributed by atoms with Crippen molar-refractivity contribution in [2.75, 3.05) is 29.9 Å². The van der Waals surface area contributed by atoms with Crippen molar-refractivity contribution in [3.05, 3.63) is 65.7 Å². The number of sulfone groups is 1. The molecule has 172 valence electrons. The Morgan fingerprint density at radius 3 is 2.34 bits per heavy atom. The van der Waals surface area contributed by atoms with Gasteiger partial charge >= 0.3 is 0 Å². The van der Waals surface area contributed by atoms with Gasteiger partial charge in [-0.05, 0) is 29.7 Å². The molecule has 2 aromatic carbocycles. The smallest absolute Gasteiger partial charge is 0.242 e. The first-order valence-electron chi connectivity index (χ1n) is 11.0. The Morgan fingerprint density at radius 1 is 1.00 bits per heavy atom. The van der Waals surface area contributed by atoms with Crippen molar-refractivity contribution in [2.24, 2.45) is 5.92 Å². The molecule has 0 aromatic heterocycles. The second-order valence-corrected chi connectivity index (χ2v) is 10.5. The van der Waals surface area contributed by atoms with Crippen LogP contribution in [0.1, 0.15) is 37.4 Å². The van der Waals surface area contributed by atoms with Crippen molar-refractivity contribution in [3.8, 4) is 0 Å². The topological polar surface area (TPSA) is 95.6 Å². The molecule has 2 atom stereocenters. The van der Waals surface area contributed by atoms with Gasteiger partial charge in [0, 0.05) is 31.2 Å². The van der Waals surface area contributed by atoms with Crippen LogP contribution in [0.15, 0.2) is 54.6 Å². The standard InChI is InChI=1S/C24H31N3O4S/c1-3-18(2)23(28)26-21-11-7-8-19(16-21)17-25-24(29)22(20-9-5-4-6-10-20)27-12-14-32(30,31)15-13-27/h4-11,16,18,22H,3,12-15,17H2,1-2H3,(H,25,29)(H,26,28). The van der Waals surface area contributed by atoms with Crippen LogP contribution in [0.4, 0.5) is 5.69 Å². The summed E-state index contributed by atoms with van der Waals surface area (Å²) >= 11 is 0. The number of anilines is 1. The first kappa shape index (κ1) is 23.9. The number of amides is 2. The van der Waals surface area contributed by atoms with Crippen molar-refractivity contribution in [1.82, 2.24) is 10.2 Å². The fourth-order valence-electron chi connectivity index (χ4n) is 3.64. The van der Waals surface area contributed by atoms with Crippen molar-refractivity contribution in [2.45, 2.75) is 32.9 Å². The third-order valence-corrected chi connectivity index (χ3v) is 7.44. The number of nitrogens with zero attached hydrogens (tertiary/aromatic N) is 1. The Balaban J connectivity index is 1.69. The summed E-state index contributed by atoms with van der Waals surface area (Å²) in [6.07, 6.45) is 0.764. The third-order valence-electron chi connectivity index (χ3n) is 5.83. The molecule has 0 radical (unpaired) electrons. The van der Waals surface area contributed by atoms with Gasteiger partial charge in [-0.25, -0.2) is 8.42 Å². The molecule has 2 N–H and O–H groups in total. The van der Waals surface area contributed by atoms with Gasteiger partial charge in [-0.1, -0.05) is 56.3 Å². The normalized spacial score (nSPS) is 17.8. The molecular formula is C24H31N3O4S. The molecule has 2 aromatic rings. The first-order chi connectivity index (χ1) is 15.3. The van der Waals surface area contributed by atoms with E-state index in [9.17, 15) is 18.0 Å². The van der Waals surface area contributed by atoms with Crippen molar-refractivity contribution in [1.29, 1.82) is 0 Å². The Bertz CT molecular complexity index is 1030. The van der Waals surface area contributed by atoms with Crippen molar-refractivity contribution in [3.63, 3.8) is 0 Å². The number of benzene rings is 2. The molecule has 3 rings (SSSR count). The molecule has 2 amide bonds. The van der Waals surface area contributed by atoms with E-state index in [1.54, 1.807) is 0 Å². The van der Waals surface area contributed by atoms with E-state index in [1.807, 2.05) is 73.3 Å². The SMILES string of the molecule is CCC(C)C(=O)Nc1cccc(CNC(=O)C(c2ccccc2)N2CCS(=O)(=O)CC2)c1. The number of carbonyl (C=O) groups excluding carboxylic acids is 2. The molecule has 32 heavy (non-hydrogen) atoms. The number of hydrogen-bond donors (Lipinski definition) is 2. The predicted molar refractivity (Wildman–Crippen MR) is 126 cm³/mol. The van der Waals surface area contributed by atoms with Gasteiger partial charge in [0.15, 0.2) is 9.84 Å². The van der Waals surface area contributed by atoms with Gasteiger partial charge in [-0.3, -0.25) is 14.5 Å². The van der Waals surface area contributed by atoms with Crippen molar-refractivity contribution >= 4 is 27.3 Å². The Hall–Kier alpha value is -2.71. The second kappa shape index (κ2) is 10.7. The van der Waals surface area contributed by atoms with E-state index in [1.165, 1.54) is 0 Å². The molecule has 0 saturated carbocycles. The van der Waals surface area contributed by atoms with E-state index >= 15 is 0 Å². The number of carbonyl (C=O) groups is 2. The second-order valence-electron chi connectivity index (χ2n) is 8.22. The highest BCUT2D eigenvalue weighted by Crippen LogP contribution is 2.23. The lowest BCUT2D eigenvalue weighted by Crippen LogP contribution is -2.47. The van der Waals surface area contributed by atoms with Crippen molar-refractivity contribution < 1.29 is 18.0 Å². The Kier molecular flexibility index (Phi) is 8.04. The quantitative estimate of drug-likeness (QED) is 0.636. The fraction of sp³-hybridized carbons (Fsp3) is 0.417. The van der Waals surface area contributed by atoms with Crippen LogP contribution in [0.25, 0.3) is 0 Å². The molecule has 7 nitrogen and oxygen atoms in total. The highest BCUT2D eigenvalue weighted by Gasteiger charge is 2.32. The Labute approximate surface area is 190 Å². The van der Waals surface area contributed by atoms with Gasteiger partial charge in [0.25, 0.3) is 0 Å². The van der Waals surface area contributed by atoms with Crippen LogP contribution < -0.4 is 10.6 Å². The lowest BCUT2D eigenvalue weighted by molar-refractivity contribution is -0.126. The van der Waals surface area contributed by atoms with E-state index in [0.29, 0.717) is 25.3 Å². The van der Waals surface area contributed by atoms with Crippen LogP contribution in [0.2, 0.25) is 0 Å². The van der Waals surface area contributed by atoms with Gasteiger partial charge < -0.3 is 10.6 Å². The molecule has 8 heteroatoms. The molecule has 1 heterocycles. The monoisotopic (exact) mass is 457 g/mol. The maximum Gasteiger partial charge on any atom is 0.242 e. The average molecular weight is 458 g/mol. The van der Waals surface area contributed by atoms with E-state index in [2.05, 4.69) is 10.6 Å². The van der Waals surface area contributed by atoms with Crippen LogP contribution in [0, 0.1) is 5.92 Å². The maximum absolute atomic E-state index is 13.2. The Morgan fingerprint density at radius 2 is 1.69 bits per heavy atom. The minimum atomic E-state index is -3.04. The summed E-state index contributed by atoms with van der Waals surface area (Å²) in [5, 5.41) is 5.90. The zero-order chi connectivity index (χ0) is 23.1. The van der Waals surface area contributed by atoms with Gasteiger partial charge in [-0.2, -0.15) is 0 Å². The minimum Gasteiger partial charge on any atom is -0.350 e. The molecule has 1 aliphatic heterocycles. The maximum atomic E-state index is 13.2. The average Bonchev–Trinajstić information content (AvgIpc) is 2.79. The molecule has 1 aliphatic rings. The summed E-state index contributed by atoms with van der Waals surface area (Å²) in [7, 11) is -3.04. The summed E-state index contributed by atoms with van der Waals surface area (Å²) < 4.78 is 23.7. The third kappa shape index (κ3) is 6.40. The molecule has 0 bridgehead atoms. The fourth-order valence-corrected chi connectivity index (χ4v) is 4.87. The van der Waals surface area contributed by atoms with Crippen LogP contribution >= 0.6 is 0 Å². The van der Waals surface area contributed by atoms with E-state index in [0.717, 1.165) is 17.5 Å².